The molecule has 15 heavy (non-hydrogen) atoms. The minimum Gasteiger partial charge on any atom is -0.390 e. The summed E-state index contributed by atoms with van der Waals surface area (Å²) in [7, 11) is 0. The van der Waals surface area contributed by atoms with Crippen molar-refractivity contribution in [2.75, 3.05) is 13.1 Å². The van der Waals surface area contributed by atoms with Gasteiger partial charge in [-0.25, -0.2) is 0 Å². The second-order valence-corrected chi connectivity index (χ2v) is 5.19. The predicted molar refractivity (Wildman–Crippen MR) is 58.3 cm³/mol. The molecule has 84 valence electrons. The Morgan fingerprint density at radius 2 is 2.27 bits per heavy atom. The Morgan fingerprint density at radius 1 is 1.60 bits per heavy atom. The number of carbonyl (C=O) groups is 1. The van der Waals surface area contributed by atoms with E-state index >= 15 is 0 Å². The van der Waals surface area contributed by atoms with Gasteiger partial charge in [-0.05, 0) is 33.1 Å². The van der Waals surface area contributed by atoms with E-state index in [-0.39, 0.29) is 11.8 Å². The second-order valence-electron chi connectivity index (χ2n) is 5.19. The summed E-state index contributed by atoms with van der Waals surface area (Å²) < 4.78 is 0. The average molecular weight is 209 g/mol. The van der Waals surface area contributed by atoms with Crippen molar-refractivity contribution < 1.29 is 9.90 Å². The zero-order valence-corrected chi connectivity index (χ0v) is 9.49. The van der Waals surface area contributed by atoms with Crippen LogP contribution < -0.4 is 0 Å². The van der Waals surface area contributed by atoms with Crippen molar-refractivity contribution in [1.29, 1.82) is 0 Å². The molecule has 0 aromatic heterocycles. The third kappa shape index (κ3) is 2.23. The van der Waals surface area contributed by atoms with Crippen LogP contribution in [-0.2, 0) is 4.79 Å². The van der Waals surface area contributed by atoms with Gasteiger partial charge in [0, 0.05) is 19.0 Å². The summed E-state index contributed by atoms with van der Waals surface area (Å²) in [5, 5.41) is 9.59. The highest BCUT2D eigenvalue weighted by Crippen LogP contribution is 2.38. The molecule has 0 atom stereocenters. The van der Waals surface area contributed by atoms with Gasteiger partial charge in [-0.3, -0.25) is 4.79 Å². The summed E-state index contributed by atoms with van der Waals surface area (Å²) in [5.41, 5.74) is 0.779. The van der Waals surface area contributed by atoms with E-state index < -0.39 is 5.60 Å². The van der Waals surface area contributed by atoms with Gasteiger partial charge in [-0.2, -0.15) is 0 Å². The molecule has 1 N–H and O–H groups in total. The van der Waals surface area contributed by atoms with Gasteiger partial charge in [0.05, 0.1) is 5.60 Å². The first-order valence-electron chi connectivity index (χ1n) is 5.65. The fourth-order valence-electron chi connectivity index (χ4n) is 2.41. The van der Waals surface area contributed by atoms with Crippen LogP contribution in [0.2, 0.25) is 0 Å². The van der Waals surface area contributed by atoms with Crippen LogP contribution in [0.5, 0.6) is 0 Å². The van der Waals surface area contributed by atoms with Crippen molar-refractivity contribution in [1.82, 2.24) is 4.90 Å². The first-order chi connectivity index (χ1) is 6.98. The minimum atomic E-state index is -0.595. The van der Waals surface area contributed by atoms with Crippen molar-refractivity contribution in [3.05, 3.63) is 11.6 Å². The minimum absolute atomic E-state index is 0.0619. The van der Waals surface area contributed by atoms with E-state index in [0.717, 1.165) is 19.5 Å². The lowest BCUT2D eigenvalue weighted by Crippen LogP contribution is -2.50. The lowest BCUT2D eigenvalue weighted by Gasteiger charge is -2.42. The summed E-state index contributed by atoms with van der Waals surface area (Å²) in [6.45, 7) is 5.51. The van der Waals surface area contributed by atoms with Crippen LogP contribution in [0, 0.1) is 5.92 Å². The van der Waals surface area contributed by atoms with Gasteiger partial charge in [0.2, 0.25) is 5.91 Å². The Hall–Kier alpha value is -0.830. The highest BCUT2D eigenvalue weighted by Gasteiger charge is 2.43. The third-order valence-electron chi connectivity index (χ3n) is 3.47. The topological polar surface area (TPSA) is 40.5 Å². The fourth-order valence-corrected chi connectivity index (χ4v) is 2.41. The van der Waals surface area contributed by atoms with Crippen LogP contribution in [-0.4, -0.2) is 34.6 Å². The molecule has 0 aromatic carbocycles. The van der Waals surface area contributed by atoms with E-state index in [1.54, 1.807) is 6.92 Å². The molecular formula is C12H19NO2. The summed E-state index contributed by atoms with van der Waals surface area (Å²) >= 11 is 0. The number of hydrogen-bond donors (Lipinski definition) is 1. The maximum absolute atomic E-state index is 12.0. The van der Waals surface area contributed by atoms with Crippen molar-refractivity contribution in [3.8, 4) is 0 Å². The number of rotatable bonds is 1. The van der Waals surface area contributed by atoms with E-state index in [2.05, 4.69) is 13.0 Å². The molecule has 1 amide bonds. The third-order valence-corrected chi connectivity index (χ3v) is 3.47. The molecule has 0 bridgehead atoms. The van der Waals surface area contributed by atoms with E-state index in [0.29, 0.717) is 12.8 Å². The van der Waals surface area contributed by atoms with E-state index in [4.69, 9.17) is 0 Å². The molecule has 1 saturated carbocycles. The predicted octanol–water partition coefficient (Wildman–Crippen LogP) is 1.33. The van der Waals surface area contributed by atoms with Crippen molar-refractivity contribution in [2.24, 2.45) is 5.92 Å². The van der Waals surface area contributed by atoms with Crippen LogP contribution in [0.3, 0.4) is 0 Å². The van der Waals surface area contributed by atoms with Crippen LogP contribution >= 0.6 is 0 Å². The number of carbonyl (C=O) groups excluding carboxylic acids is 1. The summed E-state index contributed by atoms with van der Waals surface area (Å²) in [4.78, 5) is 13.9. The first kappa shape index (κ1) is 10.7. The molecule has 0 aromatic rings. The first-order valence-corrected chi connectivity index (χ1v) is 5.65. The SMILES string of the molecule is CC1=CCN(C(=O)C2CC(C)(O)C2)CC1. The van der Waals surface area contributed by atoms with Gasteiger partial charge in [0.15, 0.2) is 0 Å². The van der Waals surface area contributed by atoms with Crippen molar-refractivity contribution in [3.63, 3.8) is 0 Å². The molecular weight excluding hydrogens is 190 g/mol. The molecule has 0 saturated heterocycles. The molecule has 3 heteroatoms. The normalized spacial score (nSPS) is 35.8. The Labute approximate surface area is 90.8 Å². The van der Waals surface area contributed by atoms with Gasteiger partial charge in [0.25, 0.3) is 0 Å². The zero-order chi connectivity index (χ0) is 11.1. The molecule has 1 heterocycles. The Kier molecular flexibility index (Phi) is 2.59. The summed E-state index contributed by atoms with van der Waals surface area (Å²) in [6, 6.07) is 0. The highest BCUT2D eigenvalue weighted by atomic mass is 16.3. The number of amides is 1. The largest absolute Gasteiger partial charge is 0.390 e. The van der Waals surface area contributed by atoms with Gasteiger partial charge in [-0.15, -0.1) is 0 Å². The number of aliphatic hydroxyl groups is 1. The molecule has 2 rings (SSSR count). The van der Waals surface area contributed by atoms with Gasteiger partial charge in [0.1, 0.15) is 0 Å². The standard InChI is InChI=1S/C12H19NO2/c1-9-3-5-13(6-4-9)11(14)10-7-12(2,15)8-10/h3,10,15H,4-8H2,1-2H3. The van der Waals surface area contributed by atoms with Crippen molar-refractivity contribution in [2.45, 2.75) is 38.7 Å². The van der Waals surface area contributed by atoms with Gasteiger partial charge in [-0.1, -0.05) is 11.6 Å². The van der Waals surface area contributed by atoms with Crippen molar-refractivity contribution >= 4 is 5.91 Å². The molecule has 1 fully saturated rings. The number of hydrogen-bond acceptors (Lipinski definition) is 2. The van der Waals surface area contributed by atoms with Crippen LogP contribution in [0.1, 0.15) is 33.1 Å². The zero-order valence-electron chi connectivity index (χ0n) is 9.49. The highest BCUT2D eigenvalue weighted by molar-refractivity contribution is 5.80. The fraction of sp³-hybridized carbons (Fsp3) is 0.750. The lowest BCUT2D eigenvalue weighted by molar-refractivity contribution is -0.149. The average Bonchev–Trinajstić information content (AvgIpc) is 2.14. The Bertz CT molecular complexity index is 299. The number of nitrogens with zero attached hydrogens (tertiary/aromatic N) is 1. The second kappa shape index (κ2) is 3.63. The molecule has 1 aliphatic carbocycles. The molecule has 3 nitrogen and oxygen atoms in total. The molecule has 2 aliphatic rings. The maximum atomic E-state index is 12.0. The summed E-state index contributed by atoms with van der Waals surface area (Å²) in [6.07, 6.45) is 4.38. The van der Waals surface area contributed by atoms with E-state index in [9.17, 15) is 9.90 Å². The van der Waals surface area contributed by atoms with E-state index in [1.165, 1.54) is 5.57 Å². The van der Waals surface area contributed by atoms with Crippen LogP contribution in [0.15, 0.2) is 11.6 Å². The van der Waals surface area contributed by atoms with Gasteiger partial charge >= 0.3 is 0 Å². The Morgan fingerprint density at radius 3 is 2.73 bits per heavy atom. The lowest BCUT2D eigenvalue weighted by atomic mass is 9.71. The maximum Gasteiger partial charge on any atom is 0.226 e. The van der Waals surface area contributed by atoms with E-state index in [1.807, 2.05) is 4.90 Å². The monoisotopic (exact) mass is 209 g/mol. The Balaban J connectivity index is 1.88. The quantitative estimate of drug-likeness (QED) is 0.662. The molecule has 0 unspecified atom stereocenters. The molecule has 0 radical (unpaired) electrons. The van der Waals surface area contributed by atoms with Gasteiger partial charge < -0.3 is 10.0 Å². The molecule has 1 aliphatic heterocycles. The summed E-state index contributed by atoms with van der Waals surface area (Å²) in [5.74, 6) is 0.289. The van der Waals surface area contributed by atoms with Crippen LogP contribution in [0.4, 0.5) is 0 Å². The van der Waals surface area contributed by atoms with Crippen LogP contribution in [0.25, 0.3) is 0 Å². The molecule has 0 spiro atoms. The smallest absolute Gasteiger partial charge is 0.226 e.